The molecule has 1 aromatic carbocycles. The minimum absolute atomic E-state index is 0.0735. The molecule has 1 aliphatic carbocycles. The molecule has 2 aliphatic rings. The van der Waals surface area contributed by atoms with Crippen LogP contribution in [0.4, 0.5) is 18.9 Å². The predicted molar refractivity (Wildman–Crippen MR) is 84.7 cm³/mol. The molecule has 0 unspecified atom stereocenters. The highest BCUT2D eigenvalue weighted by Crippen LogP contribution is 2.51. The lowest BCUT2D eigenvalue weighted by atomic mass is 9.72. The van der Waals surface area contributed by atoms with E-state index in [1.807, 2.05) is 0 Å². The molecule has 3 rings (SSSR count). The Morgan fingerprint density at radius 2 is 1.68 bits per heavy atom. The summed E-state index contributed by atoms with van der Waals surface area (Å²) in [4.78, 5) is 24.9. The van der Waals surface area contributed by atoms with E-state index >= 15 is 0 Å². The fraction of sp³-hybridized carbons (Fsp3) is 0.444. The lowest BCUT2D eigenvalue weighted by Crippen LogP contribution is -2.59. The number of ether oxygens (including phenoxy) is 1. The summed E-state index contributed by atoms with van der Waals surface area (Å²) in [7, 11) is 0. The molecule has 1 N–H and O–H groups in total. The number of hydrogen-bond acceptors (Lipinski definition) is 4. The Morgan fingerprint density at radius 1 is 1.08 bits per heavy atom. The highest BCUT2D eigenvalue weighted by atomic mass is 19.4. The number of alkyl halides is 3. The number of hydrogen-bond donors (Lipinski definition) is 1. The summed E-state index contributed by atoms with van der Waals surface area (Å²) in [5.41, 5.74) is -3.38. The number of ketones is 1. The first kappa shape index (κ1) is 17.5. The Hall–Kier alpha value is -2.31. The Balaban J connectivity index is 2.15. The molecule has 0 radical (unpaired) electrons. The lowest BCUT2D eigenvalue weighted by Gasteiger charge is -2.34. The van der Waals surface area contributed by atoms with Gasteiger partial charge in [-0.25, -0.2) is 4.79 Å². The number of rotatable bonds is 2. The number of anilines is 1. The van der Waals surface area contributed by atoms with Crippen molar-refractivity contribution in [2.24, 2.45) is 5.41 Å². The topological polar surface area (TPSA) is 55.4 Å². The summed E-state index contributed by atoms with van der Waals surface area (Å²) in [6.07, 6.45) is -4.99. The summed E-state index contributed by atoms with van der Waals surface area (Å²) < 4.78 is 47.0. The molecule has 134 valence electrons. The maximum atomic E-state index is 14.0. The van der Waals surface area contributed by atoms with E-state index in [0.717, 1.165) is 5.56 Å². The van der Waals surface area contributed by atoms with Crippen LogP contribution in [-0.4, -0.2) is 23.5 Å². The minimum atomic E-state index is -5.02. The van der Waals surface area contributed by atoms with Gasteiger partial charge in [0.1, 0.15) is 5.76 Å². The normalized spacial score (nSPS) is 25.7. The zero-order chi connectivity index (χ0) is 18.6. The second-order valence-electron chi connectivity index (χ2n) is 7.37. The van der Waals surface area contributed by atoms with E-state index in [2.05, 4.69) is 5.32 Å². The van der Waals surface area contributed by atoms with Crippen LogP contribution in [0, 0.1) is 12.3 Å². The van der Waals surface area contributed by atoms with E-state index in [1.165, 1.54) is 12.1 Å². The number of allylic oxidation sites excluding steroid dienone is 1. The van der Waals surface area contributed by atoms with Gasteiger partial charge in [0.15, 0.2) is 5.78 Å². The van der Waals surface area contributed by atoms with Gasteiger partial charge in [-0.1, -0.05) is 31.5 Å². The van der Waals surface area contributed by atoms with Gasteiger partial charge in [0, 0.05) is 18.5 Å². The Labute approximate surface area is 143 Å². The number of aryl methyl sites for hydroxylation is 1. The van der Waals surface area contributed by atoms with Crippen molar-refractivity contribution in [3.05, 3.63) is 41.2 Å². The molecular formula is C18H18F3NO3. The number of Topliss-reactive ketones (excluding diaryl/α,β-unsaturated/α-hetero) is 1. The van der Waals surface area contributed by atoms with Crippen LogP contribution in [0.5, 0.6) is 0 Å². The van der Waals surface area contributed by atoms with Crippen LogP contribution < -0.4 is 5.32 Å². The fourth-order valence-electron chi connectivity index (χ4n) is 3.36. The number of nitrogens with one attached hydrogen (secondary N) is 1. The van der Waals surface area contributed by atoms with E-state index in [-0.39, 0.29) is 24.3 Å². The Bertz CT molecular complexity index is 778. The molecule has 0 aromatic heterocycles. The average molecular weight is 353 g/mol. The number of carbonyl (C=O) groups is 2. The van der Waals surface area contributed by atoms with E-state index < -0.39 is 34.5 Å². The first-order valence-electron chi connectivity index (χ1n) is 7.87. The standard InChI is InChI=1S/C18H18F3NO3/c1-10-4-6-11(7-5-10)22-17(18(19,20)21)14-12(23)8-16(2,3)9-13(14)25-15(17)24/h4-7,22H,8-9H2,1-3H3/t17-/m1/s1. The van der Waals surface area contributed by atoms with Crippen molar-refractivity contribution < 1.29 is 27.5 Å². The summed E-state index contributed by atoms with van der Waals surface area (Å²) >= 11 is 0. The molecule has 1 aromatic rings. The maximum Gasteiger partial charge on any atom is 0.427 e. The number of benzene rings is 1. The summed E-state index contributed by atoms with van der Waals surface area (Å²) in [5, 5.41) is 2.25. The molecule has 1 heterocycles. The highest BCUT2D eigenvalue weighted by Gasteiger charge is 2.71. The molecular weight excluding hydrogens is 335 g/mol. The zero-order valence-electron chi connectivity index (χ0n) is 14.1. The van der Waals surface area contributed by atoms with Gasteiger partial charge in [0.2, 0.25) is 0 Å². The van der Waals surface area contributed by atoms with Crippen molar-refractivity contribution in [3.63, 3.8) is 0 Å². The van der Waals surface area contributed by atoms with Gasteiger partial charge in [0.25, 0.3) is 5.54 Å². The van der Waals surface area contributed by atoms with Crippen molar-refractivity contribution in [2.75, 3.05) is 5.32 Å². The fourth-order valence-corrected chi connectivity index (χ4v) is 3.36. The molecule has 1 atom stereocenters. The van der Waals surface area contributed by atoms with Crippen molar-refractivity contribution in [3.8, 4) is 0 Å². The Kier molecular flexibility index (Phi) is 3.74. The quantitative estimate of drug-likeness (QED) is 0.819. The lowest BCUT2D eigenvalue weighted by molar-refractivity contribution is -0.185. The largest absolute Gasteiger partial charge is 0.428 e. The van der Waals surface area contributed by atoms with Crippen molar-refractivity contribution in [2.45, 2.75) is 45.3 Å². The van der Waals surface area contributed by atoms with Crippen LogP contribution in [-0.2, 0) is 14.3 Å². The van der Waals surface area contributed by atoms with Gasteiger partial charge in [-0.3, -0.25) is 4.79 Å². The van der Waals surface area contributed by atoms with E-state index in [9.17, 15) is 22.8 Å². The van der Waals surface area contributed by atoms with Crippen LogP contribution in [0.25, 0.3) is 0 Å². The maximum absolute atomic E-state index is 14.0. The van der Waals surface area contributed by atoms with Gasteiger partial charge in [-0.15, -0.1) is 0 Å². The van der Waals surface area contributed by atoms with Crippen LogP contribution in [0.2, 0.25) is 0 Å². The molecule has 0 saturated carbocycles. The van der Waals surface area contributed by atoms with Crippen LogP contribution in [0.1, 0.15) is 32.3 Å². The summed E-state index contributed by atoms with van der Waals surface area (Å²) in [6.45, 7) is 5.30. The van der Waals surface area contributed by atoms with Crippen LogP contribution in [0.15, 0.2) is 35.6 Å². The first-order valence-corrected chi connectivity index (χ1v) is 7.87. The number of esters is 1. The van der Waals surface area contributed by atoms with Gasteiger partial charge in [-0.2, -0.15) is 13.2 Å². The Morgan fingerprint density at radius 3 is 2.24 bits per heavy atom. The van der Waals surface area contributed by atoms with Crippen LogP contribution in [0.3, 0.4) is 0 Å². The first-order chi connectivity index (χ1) is 11.5. The molecule has 4 nitrogen and oxygen atoms in total. The second kappa shape index (κ2) is 5.34. The average Bonchev–Trinajstić information content (AvgIpc) is 2.72. The van der Waals surface area contributed by atoms with E-state index in [1.54, 1.807) is 32.9 Å². The van der Waals surface area contributed by atoms with E-state index in [4.69, 9.17) is 4.74 Å². The third kappa shape index (κ3) is 2.71. The zero-order valence-corrected chi connectivity index (χ0v) is 14.1. The SMILES string of the molecule is Cc1ccc(N[C@@]2(C(F)(F)F)C(=O)OC3=C2C(=O)CC(C)(C)C3)cc1. The number of carbonyl (C=O) groups excluding carboxylic acids is 2. The van der Waals surface area contributed by atoms with Gasteiger partial charge < -0.3 is 10.1 Å². The molecule has 0 saturated heterocycles. The third-order valence-electron chi connectivity index (χ3n) is 4.54. The molecule has 25 heavy (non-hydrogen) atoms. The monoisotopic (exact) mass is 353 g/mol. The summed E-state index contributed by atoms with van der Waals surface area (Å²) in [6, 6.07) is 6.11. The molecule has 0 spiro atoms. The molecule has 0 fully saturated rings. The van der Waals surface area contributed by atoms with Gasteiger partial charge in [-0.05, 0) is 24.5 Å². The molecule has 0 amide bonds. The van der Waals surface area contributed by atoms with Crippen molar-refractivity contribution in [1.82, 2.24) is 0 Å². The van der Waals surface area contributed by atoms with Gasteiger partial charge in [0.05, 0.1) is 5.57 Å². The predicted octanol–water partition coefficient (Wildman–Crippen LogP) is 3.91. The second-order valence-corrected chi connectivity index (χ2v) is 7.37. The van der Waals surface area contributed by atoms with Crippen LogP contribution >= 0.6 is 0 Å². The molecule has 1 aliphatic heterocycles. The highest BCUT2D eigenvalue weighted by molar-refractivity contribution is 6.11. The van der Waals surface area contributed by atoms with Gasteiger partial charge >= 0.3 is 12.1 Å². The van der Waals surface area contributed by atoms with Crippen molar-refractivity contribution in [1.29, 1.82) is 0 Å². The third-order valence-corrected chi connectivity index (χ3v) is 4.54. The van der Waals surface area contributed by atoms with E-state index in [0.29, 0.717) is 0 Å². The summed E-state index contributed by atoms with van der Waals surface area (Å²) in [5.74, 6) is -2.39. The number of halogens is 3. The molecule has 7 heteroatoms. The smallest absolute Gasteiger partial charge is 0.427 e. The minimum Gasteiger partial charge on any atom is -0.428 e. The molecule has 0 bridgehead atoms. The van der Waals surface area contributed by atoms with Crippen molar-refractivity contribution >= 4 is 17.4 Å².